The van der Waals surface area contributed by atoms with Crippen LogP contribution in [0.3, 0.4) is 0 Å². The maximum absolute atomic E-state index is 14.5. The van der Waals surface area contributed by atoms with E-state index in [1.165, 1.54) is 19.2 Å². The van der Waals surface area contributed by atoms with Crippen molar-refractivity contribution in [3.63, 3.8) is 0 Å². The first-order valence-corrected chi connectivity index (χ1v) is 11.1. The molecule has 1 heterocycles. The second-order valence-electron chi connectivity index (χ2n) is 9.24. The molecule has 31 heavy (non-hydrogen) atoms. The molecule has 3 fully saturated rings. The number of esters is 1. The fourth-order valence-electron chi connectivity index (χ4n) is 5.10. The second-order valence-corrected chi connectivity index (χ2v) is 9.24. The quantitative estimate of drug-likeness (QED) is 0.433. The van der Waals surface area contributed by atoms with Crippen LogP contribution in [0.15, 0.2) is 12.1 Å². The molecule has 1 saturated heterocycles. The van der Waals surface area contributed by atoms with Gasteiger partial charge in [0.25, 0.3) is 0 Å². The fraction of sp³-hybridized carbons (Fsp3) is 0.696. The molecule has 172 valence electrons. The van der Waals surface area contributed by atoms with Crippen molar-refractivity contribution in [3.8, 4) is 5.75 Å². The van der Waals surface area contributed by atoms with Gasteiger partial charge in [-0.05, 0) is 62.6 Å². The molecule has 0 bridgehead atoms. The first-order valence-electron chi connectivity index (χ1n) is 11.1. The van der Waals surface area contributed by atoms with Crippen molar-refractivity contribution in [1.82, 2.24) is 4.90 Å². The van der Waals surface area contributed by atoms with E-state index in [0.29, 0.717) is 38.1 Å². The Kier molecular flexibility index (Phi) is 6.21. The second kappa shape index (κ2) is 8.60. The number of methoxy groups -OCH3 is 1. The van der Waals surface area contributed by atoms with Gasteiger partial charge < -0.3 is 9.47 Å². The molecule has 2 aliphatic carbocycles. The molecule has 0 radical (unpaired) electrons. The fourth-order valence-corrected chi connectivity index (χ4v) is 5.10. The lowest BCUT2D eigenvalue weighted by Gasteiger charge is -2.40. The van der Waals surface area contributed by atoms with Crippen LogP contribution in [0.25, 0.3) is 0 Å². The van der Waals surface area contributed by atoms with Gasteiger partial charge in [-0.3, -0.25) is 4.90 Å². The number of likely N-dealkylation sites (tertiary alicyclic amines) is 1. The monoisotopic (exact) mass is 443 g/mol. The Labute approximate surface area is 179 Å². The Bertz CT molecular complexity index is 816. The van der Waals surface area contributed by atoms with Gasteiger partial charge in [-0.2, -0.15) is 13.2 Å². The number of nitrogens with zero attached hydrogens (tertiary/aromatic N) is 1. The SMILES string of the molecule is COC(=O)c1cc(C2CC2)c(OC2CCCN(CC3(C(F)(F)F)CCCC3)C2)cc1F. The van der Waals surface area contributed by atoms with Crippen LogP contribution in [-0.2, 0) is 4.74 Å². The number of rotatable bonds is 6. The summed E-state index contributed by atoms with van der Waals surface area (Å²) in [7, 11) is 1.21. The summed E-state index contributed by atoms with van der Waals surface area (Å²) < 4.78 is 66.7. The van der Waals surface area contributed by atoms with Crippen molar-refractivity contribution >= 4 is 5.97 Å². The van der Waals surface area contributed by atoms with Crippen LogP contribution in [0.1, 0.15) is 73.2 Å². The van der Waals surface area contributed by atoms with Gasteiger partial charge in [0.1, 0.15) is 17.7 Å². The van der Waals surface area contributed by atoms with E-state index in [9.17, 15) is 22.4 Å². The van der Waals surface area contributed by atoms with E-state index in [1.807, 2.05) is 4.90 Å². The van der Waals surface area contributed by atoms with Gasteiger partial charge in [-0.15, -0.1) is 0 Å². The zero-order chi connectivity index (χ0) is 22.2. The molecule has 1 aromatic rings. The smallest absolute Gasteiger partial charge is 0.395 e. The molecule has 3 aliphatic rings. The average Bonchev–Trinajstić information content (AvgIpc) is 3.44. The number of carbonyl (C=O) groups excluding carboxylic acids is 1. The summed E-state index contributed by atoms with van der Waals surface area (Å²) in [5.41, 5.74) is -0.959. The van der Waals surface area contributed by atoms with E-state index < -0.39 is 23.4 Å². The maximum atomic E-state index is 14.5. The number of carbonyl (C=O) groups is 1. The van der Waals surface area contributed by atoms with Gasteiger partial charge >= 0.3 is 12.1 Å². The molecule has 2 saturated carbocycles. The Morgan fingerprint density at radius 1 is 1.16 bits per heavy atom. The van der Waals surface area contributed by atoms with Crippen LogP contribution in [0, 0.1) is 11.2 Å². The third kappa shape index (κ3) is 4.69. The predicted molar refractivity (Wildman–Crippen MR) is 107 cm³/mol. The van der Waals surface area contributed by atoms with Gasteiger partial charge in [0, 0.05) is 19.2 Å². The third-order valence-electron chi connectivity index (χ3n) is 6.97. The Balaban J connectivity index is 1.48. The number of halogens is 4. The van der Waals surface area contributed by atoms with Crippen LogP contribution in [0.5, 0.6) is 5.75 Å². The summed E-state index contributed by atoms with van der Waals surface area (Å²) in [5, 5.41) is 0. The lowest BCUT2D eigenvalue weighted by Crippen LogP contribution is -2.50. The summed E-state index contributed by atoms with van der Waals surface area (Å²) in [4.78, 5) is 13.7. The molecule has 1 unspecified atom stereocenters. The number of piperidine rings is 1. The normalized spacial score (nSPS) is 24.2. The van der Waals surface area contributed by atoms with Gasteiger partial charge in [0.15, 0.2) is 0 Å². The van der Waals surface area contributed by atoms with E-state index in [1.54, 1.807) is 0 Å². The van der Waals surface area contributed by atoms with Gasteiger partial charge in [0.05, 0.1) is 18.1 Å². The largest absolute Gasteiger partial charge is 0.489 e. The molecule has 1 atom stereocenters. The number of hydrogen-bond donors (Lipinski definition) is 0. The van der Waals surface area contributed by atoms with E-state index in [2.05, 4.69) is 4.74 Å². The number of benzene rings is 1. The number of alkyl halides is 3. The summed E-state index contributed by atoms with van der Waals surface area (Å²) >= 11 is 0. The molecule has 0 N–H and O–H groups in total. The highest BCUT2D eigenvalue weighted by molar-refractivity contribution is 5.90. The highest BCUT2D eigenvalue weighted by atomic mass is 19.4. The summed E-state index contributed by atoms with van der Waals surface area (Å²) in [6, 6.07) is 2.74. The van der Waals surface area contributed by atoms with Gasteiger partial charge in [-0.25, -0.2) is 9.18 Å². The average molecular weight is 443 g/mol. The van der Waals surface area contributed by atoms with Crippen LogP contribution in [0.2, 0.25) is 0 Å². The van der Waals surface area contributed by atoms with Crippen LogP contribution in [0.4, 0.5) is 17.6 Å². The molecule has 4 rings (SSSR count). The van der Waals surface area contributed by atoms with E-state index in [-0.39, 0.29) is 37.0 Å². The van der Waals surface area contributed by atoms with Crippen LogP contribution < -0.4 is 4.74 Å². The van der Waals surface area contributed by atoms with Gasteiger partial charge in [0.2, 0.25) is 0 Å². The Morgan fingerprint density at radius 2 is 1.87 bits per heavy atom. The minimum absolute atomic E-state index is 0.00147. The minimum atomic E-state index is -4.21. The lowest BCUT2D eigenvalue weighted by molar-refractivity contribution is -0.229. The number of ether oxygens (including phenoxy) is 2. The van der Waals surface area contributed by atoms with Crippen molar-refractivity contribution in [2.24, 2.45) is 5.41 Å². The molecule has 1 aliphatic heterocycles. The topological polar surface area (TPSA) is 38.8 Å². The van der Waals surface area contributed by atoms with Crippen molar-refractivity contribution in [3.05, 3.63) is 29.1 Å². The van der Waals surface area contributed by atoms with E-state index in [0.717, 1.165) is 24.8 Å². The Hall–Kier alpha value is -1.83. The lowest BCUT2D eigenvalue weighted by atomic mass is 9.84. The molecule has 0 aromatic heterocycles. The first kappa shape index (κ1) is 22.4. The van der Waals surface area contributed by atoms with Crippen LogP contribution in [-0.4, -0.2) is 49.9 Å². The summed E-state index contributed by atoms with van der Waals surface area (Å²) in [6.07, 6.45) is 0.411. The molecule has 1 aromatic carbocycles. The molecule has 0 spiro atoms. The van der Waals surface area contributed by atoms with Crippen molar-refractivity contribution in [2.75, 3.05) is 26.7 Å². The zero-order valence-electron chi connectivity index (χ0n) is 17.8. The molecular weight excluding hydrogens is 414 g/mol. The van der Waals surface area contributed by atoms with E-state index in [4.69, 9.17) is 4.74 Å². The Morgan fingerprint density at radius 3 is 2.48 bits per heavy atom. The summed E-state index contributed by atoms with van der Waals surface area (Å²) in [6.45, 7) is 1.01. The third-order valence-corrected chi connectivity index (χ3v) is 6.97. The number of hydrogen-bond acceptors (Lipinski definition) is 4. The minimum Gasteiger partial charge on any atom is -0.489 e. The standard InChI is InChI=1S/C23H29F4NO3/c1-30-21(29)18-11-17(15-6-7-15)20(12-19(18)24)31-16-5-4-10-28(13-16)14-22(23(25,26)27)8-2-3-9-22/h11-12,15-16H,2-10,13-14H2,1H3. The zero-order valence-corrected chi connectivity index (χ0v) is 17.8. The van der Waals surface area contributed by atoms with Crippen molar-refractivity contribution < 1.29 is 31.8 Å². The highest BCUT2D eigenvalue weighted by Crippen LogP contribution is 2.51. The highest BCUT2D eigenvalue weighted by Gasteiger charge is 2.56. The van der Waals surface area contributed by atoms with Crippen molar-refractivity contribution in [2.45, 2.75) is 69.6 Å². The summed E-state index contributed by atoms with van der Waals surface area (Å²) in [5.74, 6) is -0.832. The van der Waals surface area contributed by atoms with Gasteiger partial charge in [-0.1, -0.05) is 12.8 Å². The molecule has 8 heteroatoms. The van der Waals surface area contributed by atoms with Crippen LogP contribution >= 0.6 is 0 Å². The molecule has 4 nitrogen and oxygen atoms in total. The first-order chi connectivity index (χ1) is 14.7. The predicted octanol–water partition coefficient (Wildman–Crippen LogP) is 5.46. The molecule has 0 amide bonds. The maximum Gasteiger partial charge on any atom is 0.395 e. The van der Waals surface area contributed by atoms with Crippen molar-refractivity contribution in [1.29, 1.82) is 0 Å². The van der Waals surface area contributed by atoms with E-state index >= 15 is 0 Å². The molecular formula is C23H29F4NO3.